The van der Waals surface area contributed by atoms with Gasteiger partial charge in [0.1, 0.15) is 17.1 Å². The molecule has 0 unspecified atom stereocenters. The fourth-order valence-electron chi connectivity index (χ4n) is 3.17. The smallest absolute Gasteiger partial charge is 0.251 e. The molecule has 0 fully saturated rings. The Kier molecular flexibility index (Phi) is 5.74. The molecule has 6 heteroatoms. The number of aromatic nitrogens is 2. The minimum atomic E-state index is 0.0902. The number of nitrogens with zero attached hydrogens (tertiary/aromatic N) is 2. The van der Waals surface area contributed by atoms with Gasteiger partial charge < -0.3 is 0 Å². The van der Waals surface area contributed by atoms with E-state index in [4.69, 9.17) is 0 Å². The topological polar surface area (TPSA) is 38.3 Å². The van der Waals surface area contributed by atoms with Gasteiger partial charge in [-0.15, -0.1) is 0 Å². The van der Waals surface area contributed by atoms with Crippen molar-refractivity contribution < 1.29 is 14.7 Å². The lowest BCUT2D eigenvalue weighted by Crippen LogP contribution is -2.38. The molecule has 0 bridgehead atoms. The molecule has 130 valence electrons. The van der Waals surface area contributed by atoms with E-state index < -0.39 is 0 Å². The molecular formula is C19H19Br2N2O2+. The predicted molar refractivity (Wildman–Crippen MR) is 104 cm³/mol. The Morgan fingerprint density at radius 2 is 1.56 bits per heavy atom. The number of benzene rings is 2. The monoisotopic (exact) mass is 465 g/mol. The van der Waals surface area contributed by atoms with Crippen LogP contribution in [0.2, 0.25) is 0 Å². The fraction of sp³-hybridized carbons (Fsp3) is 0.211. The van der Waals surface area contributed by atoms with Crippen LogP contribution in [0.25, 0.3) is 11.4 Å². The van der Waals surface area contributed by atoms with Crippen molar-refractivity contribution in [2.75, 3.05) is 0 Å². The first-order chi connectivity index (χ1) is 12.1. The summed E-state index contributed by atoms with van der Waals surface area (Å²) >= 11 is 6.96. The van der Waals surface area contributed by atoms with E-state index in [1.165, 1.54) is 5.69 Å². The van der Waals surface area contributed by atoms with E-state index in [2.05, 4.69) is 71.9 Å². The first-order valence-electron chi connectivity index (χ1n) is 8.00. The second kappa shape index (κ2) is 7.83. The van der Waals surface area contributed by atoms with E-state index in [1.807, 2.05) is 36.4 Å². The highest BCUT2D eigenvalue weighted by Gasteiger charge is 2.29. The van der Waals surface area contributed by atoms with Crippen molar-refractivity contribution in [2.24, 2.45) is 0 Å². The van der Waals surface area contributed by atoms with Crippen LogP contribution in [0.3, 0.4) is 0 Å². The molecule has 0 saturated carbocycles. The molecular weight excluding hydrogens is 448 g/mol. The molecule has 25 heavy (non-hydrogen) atoms. The van der Waals surface area contributed by atoms with E-state index in [0.29, 0.717) is 0 Å². The quantitative estimate of drug-likeness (QED) is 0.321. The van der Waals surface area contributed by atoms with Crippen LogP contribution >= 0.6 is 31.9 Å². The number of imidazole rings is 1. The van der Waals surface area contributed by atoms with Crippen molar-refractivity contribution in [3.63, 3.8) is 0 Å². The number of hydrogen-bond acceptors (Lipinski definition) is 2. The van der Waals surface area contributed by atoms with Gasteiger partial charge in [0.05, 0.1) is 0 Å². The van der Waals surface area contributed by atoms with Crippen LogP contribution in [0.15, 0.2) is 57.5 Å². The summed E-state index contributed by atoms with van der Waals surface area (Å²) in [4.78, 5) is 4.55. The zero-order valence-corrected chi connectivity index (χ0v) is 17.2. The largest absolute Gasteiger partial charge is 0.297 e. The summed E-state index contributed by atoms with van der Waals surface area (Å²) in [6.07, 6.45) is 0.865. The maximum absolute atomic E-state index is 9.18. The Balaban J connectivity index is 2.28. The van der Waals surface area contributed by atoms with Crippen LogP contribution in [-0.2, 0) is 17.9 Å². The van der Waals surface area contributed by atoms with Crippen molar-refractivity contribution in [3.8, 4) is 11.4 Å². The molecule has 0 atom stereocenters. The molecule has 3 rings (SSSR count). The van der Waals surface area contributed by atoms with Gasteiger partial charge in [0, 0.05) is 22.3 Å². The maximum atomic E-state index is 9.18. The second-order valence-corrected chi connectivity index (χ2v) is 7.53. The Bertz CT molecular complexity index is 872. The molecule has 1 N–H and O–H groups in total. The van der Waals surface area contributed by atoms with Crippen LogP contribution in [0.1, 0.15) is 24.1 Å². The van der Waals surface area contributed by atoms with Crippen molar-refractivity contribution in [2.45, 2.75) is 26.9 Å². The van der Waals surface area contributed by atoms with Gasteiger partial charge in [-0.2, -0.15) is 9.13 Å². The molecule has 1 aromatic heterocycles. The molecule has 0 aliphatic carbocycles. The molecule has 1 heterocycles. The van der Waals surface area contributed by atoms with Crippen LogP contribution in [0.4, 0.5) is 0 Å². The molecule has 0 aliphatic heterocycles. The highest BCUT2D eigenvalue weighted by Crippen LogP contribution is 2.22. The lowest BCUT2D eigenvalue weighted by Gasteiger charge is -2.05. The van der Waals surface area contributed by atoms with Crippen LogP contribution in [0.5, 0.6) is 0 Å². The van der Waals surface area contributed by atoms with Gasteiger partial charge >= 0.3 is 0 Å². The maximum Gasteiger partial charge on any atom is 0.297 e. The molecule has 0 saturated heterocycles. The molecule has 0 spiro atoms. The zero-order chi connectivity index (χ0) is 18.0. The SMILES string of the molecule is CCc1c(C)n(-c2ccc(Br)cc2)c(COO)[n+]1-c1ccc(Br)cc1. The van der Waals surface area contributed by atoms with E-state index in [0.717, 1.165) is 38.3 Å². The van der Waals surface area contributed by atoms with Crippen molar-refractivity contribution in [3.05, 3.63) is 74.7 Å². The Hall–Kier alpha value is -1.47. The molecule has 0 aliphatic rings. The van der Waals surface area contributed by atoms with Gasteiger partial charge in [0.2, 0.25) is 0 Å². The predicted octanol–water partition coefficient (Wildman–Crippen LogP) is 5.14. The van der Waals surface area contributed by atoms with Crippen molar-refractivity contribution in [1.29, 1.82) is 0 Å². The van der Waals surface area contributed by atoms with Gasteiger partial charge in [-0.05, 0) is 48.5 Å². The van der Waals surface area contributed by atoms with Crippen LogP contribution in [-0.4, -0.2) is 9.82 Å². The van der Waals surface area contributed by atoms with Crippen LogP contribution < -0.4 is 4.57 Å². The lowest BCUT2D eigenvalue weighted by molar-refractivity contribution is -0.617. The normalized spacial score (nSPS) is 11.1. The first kappa shape index (κ1) is 18.3. The van der Waals surface area contributed by atoms with E-state index >= 15 is 0 Å². The van der Waals surface area contributed by atoms with Gasteiger partial charge in [-0.25, -0.2) is 4.89 Å². The Labute approximate surface area is 163 Å². The van der Waals surface area contributed by atoms with Gasteiger partial charge in [-0.1, -0.05) is 38.8 Å². The van der Waals surface area contributed by atoms with Gasteiger partial charge in [-0.3, -0.25) is 5.26 Å². The van der Waals surface area contributed by atoms with Gasteiger partial charge in [0.15, 0.2) is 12.3 Å². The highest BCUT2D eigenvalue weighted by molar-refractivity contribution is 9.10. The van der Waals surface area contributed by atoms with E-state index in [9.17, 15) is 5.26 Å². The zero-order valence-electron chi connectivity index (χ0n) is 14.0. The molecule has 3 aromatic rings. The standard InChI is InChI=1S/C19H18Br2N2O2/c1-3-18-13(2)22(16-8-4-14(20)5-9-16)19(12-25-24)23(18)17-10-6-15(21)7-11-17/h4-11H,3,12H2,1-2H3/p+1. The molecule has 0 radical (unpaired) electrons. The Morgan fingerprint density at radius 1 is 1.00 bits per heavy atom. The molecule has 0 amide bonds. The minimum Gasteiger partial charge on any atom is -0.251 e. The van der Waals surface area contributed by atoms with E-state index in [1.54, 1.807) is 0 Å². The summed E-state index contributed by atoms with van der Waals surface area (Å²) in [7, 11) is 0. The third kappa shape index (κ3) is 3.58. The van der Waals surface area contributed by atoms with Crippen LogP contribution in [0, 0.1) is 6.92 Å². The Morgan fingerprint density at radius 3 is 2.08 bits per heavy atom. The number of halogens is 2. The number of hydrogen-bond donors (Lipinski definition) is 1. The summed E-state index contributed by atoms with van der Waals surface area (Å²) in [6.45, 7) is 4.32. The third-order valence-electron chi connectivity index (χ3n) is 4.24. The molecule has 2 aromatic carbocycles. The summed E-state index contributed by atoms with van der Waals surface area (Å²) in [5.74, 6) is 0.862. The summed E-state index contributed by atoms with van der Waals surface area (Å²) in [5.41, 5.74) is 4.36. The van der Waals surface area contributed by atoms with E-state index in [-0.39, 0.29) is 6.61 Å². The van der Waals surface area contributed by atoms with Crippen molar-refractivity contribution in [1.82, 2.24) is 4.57 Å². The summed E-state index contributed by atoms with van der Waals surface area (Å²) in [5, 5.41) is 9.18. The highest BCUT2D eigenvalue weighted by atomic mass is 79.9. The number of rotatable bonds is 5. The third-order valence-corrected chi connectivity index (χ3v) is 5.29. The summed E-state index contributed by atoms with van der Waals surface area (Å²) < 4.78 is 6.33. The van der Waals surface area contributed by atoms with Crippen molar-refractivity contribution >= 4 is 31.9 Å². The summed E-state index contributed by atoms with van der Waals surface area (Å²) in [6, 6.07) is 16.2. The average Bonchev–Trinajstić information content (AvgIpc) is 2.88. The van der Waals surface area contributed by atoms with Gasteiger partial charge in [0.25, 0.3) is 5.82 Å². The average molecular weight is 467 g/mol. The minimum absolute atomic E-state index is 0.0902. The fourth-order valence-corrected chi connectivity index (χ4v) is 3.70. The first-order valence-corrected chi connectivity index (χ1v) is 9.58. The second-order valence-electron chi connectivity index (χ2n) is 5.70. The lowest BCUT2D eigenvalue weighted by atomic mass is 10.2. The molecule has 4 nitrogen and oxygen atoms in total.